The lowest BCUT2D eigenvalue weighted by atomic mass is 10.2. The van der Waals surface area contributed by atoms with Gasteiger partial charge in [-0.3, -0.25) is 9.59 Å². The minimum atomic E-state index is -0.421. The molecule has 0 saturated heterocycles. The van der Waals surface area contributed by atoms with Gasteiger partial charge in [-0.05, 0) is 20.3 Å². The zero-order chi connectivity index (χ0) is 11.7. The monoisotopic (exact) mass is 217 g/mol. The molecule has 0 aliphatic heterocycles. The van der Waals surface area contributed by atoms with E-state index in [1.807, 2.05) is 0 Å². The molecule has 0 aliphatic rings. The van der Waals surface area contributed by atoms with E-state index in [9.17, 15) is 9.59 Å². The standard InChI is InChI=1S/C10H19NO4/c1-3-15-10(14)5-4-9(13)11-7-6-8(2)12/h8,12H,3-7H2,1-2H3,(H,11,13). The van der Waals surface area contributed by atoms with Crippen LogP contribution in [0.4, 0.5) is 0 Å². The van der Waals surface area contributed by atoms with Crippen molar-refractivity contribution in [3.8, 4) is 0 Å². The van der Waals surface area contributed by atoms with Gasteiger partial charge >= 0.3 is 5.97 Å². The molecule has 1 unspecified atom stereocenters. The van der Waals surface area contributed by atoms with Gasteiger partial charge in [0, 0.05) is 13.0 Å². The highest BCUT2D eigenvalue weighted by Crippen LogP contribution is 1.93. The van der Waals surface area contributed by atoms with Gasteiger partial charge in [-0.2, -0.15) is 0 Å². The summed E-state index contributed by atoms with van der Waals surface area (Å²) in [5, 5.41) is 11.5. The second kappa shape index (κ2) is 8.23. The first-order valence-electron chi connectivity index (χ1n) is 5.16. The molecule has 0 spiro atoms. The highest BCUT2D eigenvalue weighted by molar-refractivity contribution is 5.81. The maximum Gasteiger partial charge on any atom is 0.306 e. The van der Waals surface area contributed by atoms with Gasteiger partial charge in [0.25, 0.3) is 0 Å². The Hall–Kier alpha value is -1.10. The van der Waals surface area contributed by atoms with E-state index in [0.717, 1.165) is 0 Å². The van der Waals surface area contributed by atoms with E-state index in [-0.39, 0.29) is 24.7 Å². The summed E-state index contributed by atoms with van der Waals surface area (Å²) in [5.41, 5.74) is 0. The van der Waals surface area contributed by atoms with Crippen LogP contribution in [0.5, 0.6) is 0 Å². The van der Waals surface area contributed by atoms with Crippen molar-refractivity contribution < 1.29 is 19.4 Å². The highest BCUT2D eigenvalue weighted by atomic mass is 16.5. The van der Waals surface area contributed by atoms with Crippen LogP contribution in [0, 0.1) is 0 Å². The number of amides is 1. The number of rotatable bonds is 7. The molecule has 15 heavy (non-hydrogen) atoms. The van der Waals surface area contributed by atoms with Crippen molar-refractivity contribution in [1.82, 2.24) is 5.32 Å². The predicted octanol–water partition coefficient (Wildman–Crippen LogP) is 0.217. The normalized spacial score (nSPS) is 11.9. The lowest BCUT2D eigenvalue weighted by molar-refractivity contribution is -0.144. The third-order valence-electron chi connectivity index (χ3n) is 1.75. The number of carbonyl (C=O) groups is 2. The summed E-state index contributed by atoms with van der Waals surface area (Å²) in [4.78, 5) is 22.0. The molecule has 5 heteroatoms. The van der Waals surface area contributed by atoms with E-state index in [1.54, 1.807) is 13.8 Å². The van der Waals surface area contributed by atoms with Gasteiger partial charge in [-0.1, -0.05) is 0 Å². The molecule has 0 saturated carbocycles. The maximum atomic E-state index is 11.1. The summed E-state index contributed by atoms with van der Waals surface area (Å²) in [6.07, 6.45) is 0.341. The molecule has 1 atom stereocenters. The van der Waals surface area contributed by atoms with E-state index in [1.165, 1.54) is 0 Å². The molecule has 0 aliphatic carbocycles. The third kappa shape index (κ3) is 9.21. The molecule has 0 radical (unpaired) electrons. The van der Waals surface area contributed by atoms with Crippen LogP contribution in [0.1, 0.15) is 33.1 Å². The molecule has 5 nitrogen and oxygen atoms in total. The Labute approximate surface area is 89.8 Å². The van der Waals surface area contributed by atoms with Crippen molar-refractivity contribution in [2.45, 2.75) is 39.2 Å². The van der Waals surface area contributed by atoms with Crippen LogP contribution in [0.3, 0.4) is 0 Å². The van der Waals surface area contributed by atoms with Crippen molar-refractivity contribution in [1.29, 1.82) is 0 Å². The number of carbonyl (C=O) groups excluding carboxylic acids is 2. The first-order chi connectivity index (χ1) is 7.06. The van der Waals surface area contributed by atoms with Gasteiger partial charge in [0.15, 0.2) is 0 Å². The smallest absolute Gasteiger partial charge is 0.306 e. The van der Waals surface area contributed by atoms with Gasteiger partial charge in [0.1, 0.15) is 0 Å². The average Bonchev–Trinajstić information content (AvgIpc) is 2.14. The Bertz CT molecular complexity index is 204. The lowest BCUT2D eigenvalue weighted by Gasteiger charge is -2.06. The number of aliphatic hydroxyl groups is 1. The van der Waals surface area contributed by atoms with Crippen molar-refractivity contribution in [2.75, 3.05) is 13.2 Å². The van der Waals surface area contributed by atoms with Crippen LogP contribution in [0.25, 0.3) is 0 Å². The van der Waals surface area contributed by atoms with E-state index < -0.39 is 6.10 Å². The Morgan fingerprint density at radius 3 is 2.60 bits per heavy atom. The minimum Gasteiger partial charge on any atom is -0.466 e. The molecule has 0 aromatic carbocycles. The van der Waals surface area contributed by atoms with Gasteiger partial charge in [-0.15, -0.1) is 0 Å². The molecule has 0 bridgehead atoms. The Balaban J connectivity index is 3.45. The second-order valence-electron chi connectivity index (χ2n) is 3.29. The quantitative estimate of drug-likeness (QED) is 0.598. The lowest BCUT2D eigenvalue weighted by Crippen LogP contribution is -2.26. The maximum absolute atomic E-state index is 11.1. The number of hydrogen-bond donors (Lipinski definition) is 2. The first kappa shape index (κ1) is 13.9. The molecule has 0 aromatic rings. The summed E-state index contributed by atoms with van der Waals surface area (Å²) in [5.74, 6) is -0.549. The first-order valence-corrected chi connectivity index (χ1v) is 5.16. The number of ether oxygens (including phenoxy) is 1. The minimum absolute atomic E-state index is 0.106. The molecule has 0 aromatic heterocycles. The Morgan fingerprint density at radius 1 is 1.40 bits per heavy atom. The third-order valence-corrected chi connectivity index (χ3v) is 1.75. The molecule has 0 heterocycles. The largest absolute Gasteiger partial charge is 0.466 e. The summed E-state index contributed by atoms with van der Waals surface area (Å²) in [7, 11) is 0. The molecule has 0 rings (SSSR count). The second-order valence-corrected chi connectivity index (χ2v) is 3.29. The number of aliphatic hydroxyl groups excluding tert-OH is 1. The van der Waals surface area contributed by atoms with E-state index in [2.05, 4.69) is 10.1 Å². The highest BCUT2D eigenvalue weighted by Gasteiger charge is 2.06. The van der Waals surface area contributed by atoms with Crippen LogP contribution >= 0.6 is 0 Å². The SMILES string of the molecule is CCOC(=O)CCC(=O)NCCC(C)O. The number of hydrogen-bond acceptors (Lipinski definition) is 4. The topological polar surface area (TPSA) is 75.6 Å². The van der Waals surface area contributed by atoms with Crippen LogP contribution in [0.15, 0.2) is 0 Å². The van der Waals surface area contributed by atoms with Crippen LogP contribution in [-0.4, -0.2) is 36.2 Å². The molecule has 2 N–H and O–H groups in total. The zero-order valence-corrected chi connectivity index (χ0v) is 9.28. The fourth-order valence-corrected chi connectivity index (χ4v) is 0.958. The fraction of sp³-hybridized carbons (Fsp3) is 0.800. The average molecular weight is 217 g/mol. The van der Waals surface area contributed by atoms with Crippen molar-refractivity contribution in [3.63, 3.8) is 0 Å². The Morgan fingerprint density at radius 2 is 2.07 bits per heavy atom. The predicted molar refractivity (Wildman–Crippen MR) is 55.2 cm³/mol. The summed E-state index contributed by atoms with van der Waals surface area (Å²) >= 11 is 0. The van der Waals surface area contributed by atoms with Gasteiger partial charge in [0.05, 0.1) is 19.1 Å². The van der Waals surface area contributed by atoms with Crippen LogP contribution < -0.4 is 5.32 Å². The fourth-order valence-electron chi connectivity index (χ4n) is 0.958. The van der Waals surface area contributed by atoms with Gasteiger partial charge < -0.3 is 15.2 Å². The summed E-state index contributed by atoms with van der Waals surface area (Å²) in [6, 6.07) is 0. The van der Waals surface area contributed by atoms with Gasteiger partial charge in [0.2, 0.25) is 5.91 Å². The molecular formula is C10H19NO4. The van der Waals surface area contributed by atoms with Crippen molar-refractivity contribution >= 4 is 11.9 Å². The zero-order valence-electron chi connectivity index (χ0n) is 9.28. The number of nitrogens with one attached hydrogen (secondary N) is 1. The van der Waals surface area contributed by atoms with Gasteiger partial charge in [-0.25, -0.2) is 0 Å². The summed E-state index contributed by atoms with van der Waals surface area (Å²) < 4.78 is 4.68. The van der Waals surface area contributed by atoms with Crippen LogP contribution in [0.2, 0.25) is 0 Å². The molecule has 88 valence electrons. The molecular weight excluding hydrogens is 198 g/mol. The van der Waals surface area contributed by atoms with E-state index in [4.69, 9.17) is 5.11 Å². The summed E-state index contributed by atoms with van der Waals surface area (Å²) in [6.45, 7) is 4.15. The van der Waals surface area contributed by atoms with Crippen molar-refractivity contribution in [3.05, 3.63) is 0 Å². The number of esters is 1. The molecule has 1 amide bonds. The van der Waals surface area contributed by atoms with E-state index in [0.29, 0.717) is 19.6 Å². The van der Waals surface area contributed by atoms with Crippen LogP contribution in [-0.2, 0) is 14.3 Å². The molecule has 0 fully saturated rings. The Kier molecular flexibility index (Phi) is 7.62. The van der Waals surface area contributed by atoms with E-state index >= 15 is 0 Å². The van der Waals surface area contributed by atoms with Crippen molar-refractivity contribution in [2.24, 2.45) is 0 Å².